The minimum absolute atomic E-state index is 0.0438. The quantitative estimate of drug-likeness (QED) is 0.139. The van der Waals surface area contributed by atoms with Crippen LogP contribution in [0, 0.1) is 0 Å². The summed E-state index contributed by atoms with van der Waals surface area (Å²) in [5.41, 5.74) is 22.7. The van der Waals surface area contributed by atoms with E-state index in [1.165, 1.54) is 94.2 Å². The molecular formula is C73H61N. The Labute approximate surface area is 438 Å². The van der Waals surface area contributed by atoms with Crippen molar-refractivity contribution in [3.63, 3.8) is 0 Å². The Bertz CT molecular complexity index is 3760. The molecule has 0 aliphatic heterocycles. The van der Waals surface area contributed by atoms with Crippen LogP contribution in [0.2, 0.25) is 0 Å². The maximum atomic E-state index is 2.51. The molecule has 0 fully saturated rings. The minimum Gasteiger partial charge on any atom is -0.309 e. The second kappa shape index (κ2) is 18.5. The van der Waals surface area contributed by atoms with Crippen LogP contribution in [0.5, 0.6) is 0 Å². The summed E-state index contributed by atoms with van der Waals surface area (Å²) in [7, 11) is 0. The van der Waals surface area contributed by atoms with Crippen LogP contribution in [0.25, 0.3) is 66.4 Å². The van der Waals surface area contributed by atoms with Gasteiger partial charge in [-0.05, 0) is 124 Å². The van der Waals surface area contributed by atoms with Crippen molar-refractivity contribution in [3.8, 4) is 55.6 Å². The monoisotopic (exact) mass is 951 g/mol. The summed E-state index contributed by atoms with van der Waals surface area (Å²) in [6.45, 7) is 14.0. The van der Waals surface area contributed by atoms with Crippen molar-refractivity contribution >= 4 is 27.8 Å². The molecular weight excluding hydrogens is 891 g/mol. The van der Waals surface area contributed by atoms with Crippen molar-refractivity contribution in [3.05, 3.63) is 294 Å². The standard InChI is InChI=1S/C73H61N/c1-71(2,3)56-47-53(48-57(49-56)72(4,5)6)59-33-17-20-41-67(59)74(68-42-21-18-34-62(68)63-38-23-28-52-27-22-36-60(69(52)63)50-25-10-7-11-26-50)58-45-43-51(44-46-58)61-37-24-40-66-70(61)64-35-16-19-39-65(64)73(66,54-29-12-8-13-30-54)55-31-14-9-15-32-55/h7-49H,1-6H3. The Morgan fingerprint density at radius 3 is 1.36 bits per heavy atom. The molecule has 11 aromatic carbocycles. The third kappa shape index (κ3) is 7.96. The molecule has 1 nitrogen and oxygen atoms in total. The highest BCUT2D eigenvalue weighted by Gasteiger charge is 2.46. The zero-order valence-electron chi connectivity index (χ0n) is 43.3. The van der Waals surface area contributed by atoms with Crippen molar-refractivity contribution in [2.24, 2.45) is 0 Å². The Balaban J connectivity index is 1.08. The first-order chi connectivity index (χ1) is 36.0. The van der Waals surface area contributed by atoms with Gasteiger partial charge in [0.1, 0.15) is 0 Å². The van der Waals surface area contributed by atoms with Crippen molar-refractivity contribution in [2.75, 3.05) is 4.90 Å². The molecule has 358 valence electrons. The van der Waals surface area contributed by atoms with Gasteiger partial charge in [-0.25, -0.2) is 0 Å². The summed E-state index contributed by atoms with van der Waals surface area (Å²) in [5, 5.41) is 2.45. The second-order valence-electron chi connectivity index (χ2n) is 22.0. The van der Waals surface area contributed by atoms with Gasteiger partial charge in [-0.15, -0.1) is 0 Å². The zero-order chi connectivity index (χ0) is 50.6. The first kappa shape index (κ1) is 46.5. The van der Waals surface area contributed by atoms with Gasteiger partial charge in [-0.3, -0.25) is 0 Å². The molecule has 12 rings (SSSR count). The van der Waals surface area contributed by atoms with Crippen molar-refractivity contribution in [2.45, 2.75) is 57.8 Å². The predicted molar refractivity (Wildman–Crippen MR) is 315 cm³/mol. The molecule has 0 unspecified atom stereocenters. The molecule has 1 aliphatic carbocycles. The summed E-state index contributed by atoms with van der Waals surface area (Å²) < 4.78 is 0. The normalized spacial score (nSPS) is 12.8. The molecule has 0 spiro atoms. The number of rotatable bonds is 9. The smallest absolute Gasteiger partial charge is 0.0713 e. The summed E-state index contributed by atoms with van der Waals surface area (Å²) in [5.74, 6) is 0. The van der Waals surface area contributed by atoms with Crippen LogP contribution in [0.15, 0.2) is 261 Å². The van der Waals surface area contributed by atoms with E-state index in [1.54, 1.807) is 0 Å². The number of hydrogen-bond donors (Lipinski definition) is 0. The molecule has 0 bridgehead atoms. The van der Waals surface area contributed by atoms with E-state index in [1.807, 2.05) is 0 Å². The molecule has 0 radical (unpaired) electrons. The third-order valence-corrected chi connectivity index (χ3v) is 15.5. The van der Waals surface area contributed by atoms with Crippen LogP contribution in [0.3, 0.4) is 0 Å². The van der Waals surface area contributed by atoms with E-state index in [0.29, 0.717) is 0 Å². The maximum absolute atomic E-state index is 2.51. The molecule has 74 heavy (non-hydrogen) atoms. The molecule has 0 N–H and O–H groups in total. The Morgan fingerprint density at radius 2 is 0.757 bits per heavy atom. The van der Waals surface area contributed by atoms with Crippen LogP contribution in [0.1, 0.15) is 74.9 Å². The lowest BCUT2D eigenvalue weighted by molar-refractivity contribution is 0.569. The number of nitrogens with zero attached hydrogens (tertiary/aromatic N) is 1. The van der Waals surface area contributed by atoms with Crippen LogP contribution < -0.4 is 4.90 Å². The SMILES string of the molecule is CC(C)(C)c1cc(-c2ccccc2N(c2ccc(-c3cccc4c3-c3ccccc3C4(c3ccccc3)c3ccccc3)cc2)c2ccccc2-c2cccc3cccc(-c4ccccc4)c23)cc(C(C)(C)C)c1. The van der Waals surface area contributed by atoms with Crippen molar-refractivity contribution < 1.29 is 0 Å². The van der Waals surface area contributed by atoms with Crippen molar-refractivity contribution in [1.82, 2.24) is 0 Å². The average Bonchev–Trinajstić information content (AvgIpc) is 3.80. The van der Waals surface area contributed by atoms with Gasteiger partial charge in [0.25, 0.3) is 0 Å². The molecule has 1 heteroatoms. The van der Waals surface area contributed by atoms with E-state index in [4.69, 9.17) is 0 Å². The fourth-order valence-electron chi connectivity index (χ4n) is 11.8. The highest BCUT2D eigenvalue weighted by molar-refractivity contribution is 6.09. The van der Waals surface area contributed by atoms with Gasteiger partial charge in [0.05, 0.1) is 16.8 Å². The Morgan fingerprint density at radius 1 is 0.311 bits per heavy atom. The lowest BCUT2D eigenvalue weighted by atomic mass is 9.67. The summed E-state index contributed by atoms with van der Waals surface area (Å²) in [6, 6.07) is 97.1. The first-order valence-corrected chi connectivity index (χ1v) is 26.2. The minimum atomic E-state index is -0.478. The number of para-hydroxylation sites is 2. The highest BCUT2D eigenvalue weighted by Crippen LogP contribution is 2.58. The van der Waals surface area contributed by atoms with Crippen LogP contribution in [-0.4, -0.2) is 0 Å². The van der Waals surface area contributed by atoms with Crippen LogP contribution in [-0.2, 0) is 16.2 Å². The highest BCUT2D eigenvalue weighted by atomic mass is 15.1. The van der Waals surface area contributed by atoms with E-state index in [-0.39, 0.29) is 10.8 Å². The van der Waals surface area contributed by atoms with Gasteiger partial charge in [-0.1, -0.05) is 278 Å². The largest absolute Gasteiger partial charge is 0.309 e. The summed E-state index contributed by atoms with van der Waals surface area (Å²) in [4.78, 5) is 2.51. The molecule has 0 saturated heterocycles. The van der Waals surface area contributed by atoms with E-state index in [2.05, 4.69) is 307 Å². The number of hydrogen-bond acceptors (Lipinski definition) is 1. The molecule has 11 aromatic rings. The van der Waals surface area contributed by atoms with Crippen LogP contribution >= 0.6 is 0 Å². The summed E-state index contributed by atoms with van der Waals surface area (Å²) >= 11 is 0. The second-order valence-corrected chi connectivity index (χ2v) is 22.0. The third-order valence-electron chi connectivity index (χ3n) is 15.5. The van der Waals surface area contributed by atoms with Gasteiger partial charge >= 0.3 is 0 Å². The first-order valence-electron chi connectivity index (χ1n) is 26.2. The Hall–Kier alpha value is -8.52. The fourth-order valence-corrected chi connectivity index (χ4v) is 11.8. The molecule has 0 heterocycles. The van der Waals surface area contributed by atoms with Crippen molar-refractivity contribution in [1.29, 1.82) is 0 Å². The average molecular weight is 952 g/mol. The molecule has 0 aromatic heterocycles. The number of anilines is 3. The van der Waals surface area contributed by atoms with E-state index in [0.717, 1.165) is 22.6 Å². The van der Waals surface area contributed by atoms with Crippen LogP contribution in [0.4, 0.5) is 17.1 Å². The summed E-state index contributed by atoms with van der Waals surface area (Å²) in [6.07, 6.45) is 0. The Kier molecular flexibility index (Phi) is 11.6. The number of fused-ring (bicyclic) bond motifs is 4. The number of benzene rings is 11. The fraction of sp³-hybridized carbons (Fsp3) is 0.123. The lowest BCUT2D eigenvalue weighted by Crippen LogP contribution is -2.28. The molecule has 1 aliphatic rings. The van der Waals surface area contributed by atoms with Gasteiger partial charge in [0.15, 0.2) is 0 Å². The molecule has 0 saturated carbocycles. The van der Waals surface area contributed by atoms with Gasteiger partial charge in [0, 0.05) is 16.8 Å². The molecule has 0 atom stereocenters. The lowest BCUT2D eigenvalue weighted by Gasteiger charge is -2.34. The van der Waals surface area contributed by atoms with Gasteiger partial charge in [-0.2, -0.15) is 0 Å². The maximum Gasteiger partial charge on any atom is 0.0713 e. The molecule has 0 amide bonds. The van der Waals surface area contributed by atoms with E-state index >= 15 is 0 Å². The van der Waals surface area contributed by atoms with E-state index < -0.39 is 5.41 Å². The predicted octanol–water partition coefficient (Wildman–Crippen LogP) is 19.9. The van der Waals surface area contributed by atoms with Gasteiger partial charge in [0.2, 0.25) is 0 Å². The topological polar surface area (TPSA) is 3.24 Å². The zero-order valence-corrected chi connectivity index (χ0v) is 43.3. The van der Waals surface area contributed by atoms with E-state index in [9.17, 15) is 0 Å². The van der Waals surface area contributed by atoms with Gasteiger partial charge < -0.3 is 4.90 Å².